The number of anilines is 1. The molecule has 0 aliphatic carbocycles. The van der Waals surface area contributed by atoms with E-state index < -0.39 is 20.4 Å². The minimum absolute atomic E-state index is 0.273. The van der Waals surface area contributed by atoms with Crippen molar-refractivity contribution in [2.75, 3.05) is 12.3 Å². The molecule has 7 nitrogen and oxygen atoms in total. The van der Waals surface area contributed by atoms with Gasteiger partial charge in [0.15, 0.2) is 0 Å². The summed E-state index contributed by atoms with van der Waals surface area (Å²) in [6.45, 7) is 0.285. The molecule has 0 aliphatic heterocycles. The monoisotopic (exact) mass is 371 g/mol. The van der Waals surface area contributed by atoms with Gasteiger partial charge < -0.3 is 10.5 Å². The van der Waals surface area contributed by atoms with Crippen LogP contribution in [0.15, 0.2) is 35.2 Å². The summed E-state index contributed by atoms with van der Waals surface area (Å²) < 4.78 is 58.4. The molecule has 0 amide bonds. The quantitative estimate of drug-likeness (QED) is 0.330. The summed E-state index contributed by atoms with van der Waals surface area (Å²) >= 11 is 0. The van der Waals surface area contributed by atoms with E-state index >= 15 is 0 Å². The minimum atomic E-state index is -4.37. The summed E-state index contributed by atoms with van der Waals surface area (Å²) in [6.07, 6.45) is 1.64. The number of nitrogens with two attached hydrogens (primary N) is 1. The van der Waals surface area contributed by atoms with Crippen LogP contribution in [0.2, 0.25) is 0 Å². The van der Waals surface area contributed by atoms with Crippen LogP contribution in [0, 0.1) is 0 Å². The van der Waals surface area contributed by atoms with Crippen molar-refractivity contribution in [2.24, 2.45) is 0 Å². The maximum absolute atomic E-state index is 11.4. The lowest BCUT2D eigenvalue weighted by atomic mass is 10.1. The molecule has 2 aromatic carbocycles. The fraction of sp³-hybridized carbons (Fsp3) is 0.267. The van der Waals surface area contributed by atoms with Gasteiger partial charge in [-0.1, -0.05) is 0 Å². The first-order valence-corrected chi connectivity index (χ1v) is 9.70. The van der Waals surface area contributed by atoms with Crippen molar-refractivity contribution in [1.82, 2.24) is 0 Å². The maximum atomic E-state index is 11.4. The third kappa shape index (κ3) is 4.95. The summed E-state index contributed by atoms with van der Waals surface area (Å²) in [6, 6.07) is 7.55. The lowest BCUT2D eigenvalue weighted by Gasteiger charge is -2.11. The molecule has 2 aromatic rings. The Kier molecular flexibility index (Phi) is 5.81. The number of nitrogen functional groups attached to an aromatic ring is 1. The average Bonchev–Trinajstić information content (AvgIpc) is 2.48. The topological polar surface area (TPSA) is 124 Å². The fourth-order valence-electron chi connectivity index (χ4n) is 2.20. The van der Waals surface area contributed by atoms with Crippen LogP contribution in [0.3, 0.4) is 0 Å². The Morgan fingerprint density at radius 2 is 1.92 bits per heavy atom. The molecule has 0 saturated carbocycles. The molecule has 0 aliphatic rings. The minimum Gasteiger partial charge on any atom is -0.493 e. The van der Waals surface area contributed by atoms with Crippen LogP contribution in [0.5, 0.6) is 5.75 Å². The van der Waals surface area contributed by atoms with E-state index in [-0.39, 0.29) is 11.5 Å². The predicted molar refractivity (Wildman–Crippen MR) is 92.5 cm³/mol. The van der Waals surface area contributed by atoms with E-state index in [1.807, 2.05) is 0 Å². The van der Waals surface area contributed by atoms with Gasteiger partial charge in [0, 0.05) is 22.5 Å². The zero-order valence-corrected chi connectivity index (χ0v) is 14.3. The first kappa shape index (κ1) is 18.2. The third-order valence-corrected chi connectivity index (χ3v) is 4.66. The lowest BCUT2D eigenvalue weighted by molar-refractivity contribution is 0.311. The molecule has 0 radical (unpaired) electrons. The van der Waals surface area contributed by atoms with Gasteiger partial charge in [-0.3, -0.25) is 4.55 Å². The van der Waals surface area contributed by atoms with E-state index in [2.05, 4.69) is 0 Å². The Labute approximate surface area is 141 Å². The first-order chi connectivity index (χ1) is 11.3. The van der Waals surface area contributed by atoms with Crippen molar-refractivity contribution >= 4 is 42.2 Å². The number of hydrogen-bond donors (Lipinski definition) is 2. The number of ether oxygens (including phenoxy) is 1. The highest BCUT2D eigenvalue weighted by atomic mass is 32.2. The molecule has 130 valence electrons. The summed E-state index contributed by atoms with van der Waals surface area (Å²) in [5, 5.41) is 2.39. The molecule has 9 heteroatoms. The molecule has 2 rings (SSSR count). The predicted octanol–water partition coefficient (Wildman–Crippen LogP) is 1.90. The van der Waals surface area contributed by atoms with Crippen molar-refractivity contribution in [1.29, 1.82) is 0 Å². The molecule has 0 heterocycles. The lowest BCUT2D eigenvalue weighted by Crippen LogP contribution is -2.02. The van der Waals surface area contributed by atoms with Gasteiger partial charge in [0.05, 0.1) is 11.5 Å². The number of unbranched alkanes of at least 4 members (excludes halogenated alkanes) is 2. The van der Waals surface area contributed by atoms with Gasteiger partial charge in [0.1, 0.15) is 5.75 Å². The van der Waals surface area contributed by atoms with Gasteiger partial charge in [-0.25, -0.2) is 0 Å². The smallest absolute Gasteiger partial charge is 0.294 e. The molecule has 0 fully saturated rings. The van der Waals surface area contributed by atoms with E-state index in [1.54, 1.807) is 18.2 Å². The van der Waals surface area contributed by atoms with Crippen LogP contribution in [-0.4, -0.2) is 33.4 Å². The molecule has 0 unspecified atom stereocenters. The van der Waals surface area contributed by atoms with Crippen LogP contribution >= 0.6 is 0 Å². The van der Waals surface area contributed by atoms with Crippen molar-refractivity contribution in [2.45, 2.75) is 24.2 Å². The van der Waals surface area contributed by atoms with Gasteiger partial charge in [-0.15, -0.1) is 0 Å². The highest BCUT2D eigenvalue weighted by Gasteiger charge is 2.14. The molecule has 0 saturated heterocycles. The number of fused-ring (bicyclic) bond motifs is 1. The second-order valence-electron chi connectivity index (χ2n) is 5.15. The van der Waals surface area contributed by atoms with Crippen LogP contribution in [-0.2, 0) is 20.4 Å². The highest BCUT2D eigenvalue weighted by molar-refractivity contribution is 7.85. The standard InChI is InChI=1S/C15H17NO6S2/c16-12-4-5-14-11(8-12)9-13(24(19,20)21)10-15(14)22-6-2-1-3-7-23(17)18/h4-5,7-10H,1-3,6,16H2,(H,19,20,21). The third-order valence-electron chi connectivity index (χ3n) is 3.32. The SMILES string of the molecule is Nc1ccc2c(OCCCCC=S(=O)=O)cc(S(=O)(=O)O)cc2c1. The summed E-state index contributed by atoms with van der Waals surface area (Å²) in [5.41, 5.74) is 6.17. The van der Waals surface area contributed by atoms with Crippen LogP contribution < -0.4 is 10.5 Å². The Hall–Kier alpha value is -2.10. The van der Waals surface area contributed by atoms with Gasteiger partial charge in [-0.2, -0.15) is 16.8 Å². The number of hydrogen-bond acceptors (Lipinski definition) is 6. The second kappa shape index (κ2) is 7.65. The van der Waals surface area contributed by atoms with E-state index in [4.69, 9.17) is 10.5 Å². The van der Waals surface area contributed by atoms with E-state index in [1.165, 1.54) is 17.5 Å². The van der Waals surface area contributed by atoms with Gasteiger partial charge in [0.25, 0.3) is 10.1 Å². The maximum Gasteiger partial charge on any atom is 0.294 e. The number of benzene rings is 2. The molecular weight excluding hydrogens is 354 g/mol. The highest BCUT2D eigenvalue weighted by Crippen LogP contribution is 2.31. The zero-order chi connectivity index (χ0) is 17.7. The molecular formula is C15H17NO6S2. The van der Waals surface area contributed by atoms with E-state index in [0.717, 1.165) is 0 Å². The molecule has 24 heavy (non-hydrogen) atoms. The van der Waals surface area contributed by atoms with E-state index in [0.29, 0.717) is 41.5 Å². The summed E-state index contributed by atoms with van der Waals surface area (Å²) in [4.78, 5) is -0.273. The van der Waals surface area contributed by atoms with Crippen LogP contribution in [0.1, 0.15) is 19.3 Å². The Morgan fingerprint density at radius 3 is 2.58 bits per heavy atom. The van der Waals surface area contributed by atoms with Crippen molar-refractivity contribution < 1.29 is 26.1 Å². The molecule has 0 atom stereocenters. The molecule has 0 spiro atoms. The second-order valence-corrected chi connectivity index (χ2v) is 7.42. The average molecular weight is 371 g/mol. The molecule has 3 N–H and O–H groups in total. The van der Waals surface area contributed by atoms with Crippen LogP contribution in [0.4, 0.5) is 5.69 Å². The van der Waals surface area contributed by atoms with Gasteiger partial charge in [-0.05, 0) is 48.9 Å². The largest absolute Gasteiger partial charge is 0.493 e. The molecule has 0 bridgehead atoms. The summed E-state index contributed by atoms with van der Waals surface area (Å²) in [7, 11) is -6.54. The van der Waals surface area contributed by atoms with Gasteiger partial charge >= 0.3 is 0 Å². The first-order valence-electron chi connectivity index (χ1n) is 7.12. The van der Waals surface area contributed by atoms with Crippen molar-refractivity contribution in [3.05, 3.63) is 30.3 Å². The Morgan fingerprint density at radius 1 is 1.17 bits per heavy atom. The van der Waals surface area contributed by atoms with E-state index in [9.17, 15) is 21.4 Å². The Bertz CT molecular complexity index is 972. The van der Waals surface area contributed by atoms with Gasteiger partial charge in [0.2, 0.25) is 10.3 Å². The molecule has 0 aromatic heterocycles. The zero-order valence-electron chi connectivity index (χ0n) is 12.7. The normalized spacial score (nSPS) is 11.4. The van der Waals surface area contributed by atoms with Crippen molar-refractivity contribution in [3.8, 4) is 5.75 Å². The Balaban J connectivity index is 2.23. The van der Waals surface area contributed by atoms with Crippen molar-refractivity contribution in [3.63, 3.8) is 0 Å². The fourth-order valence-corrected chi connectivity index (χ4v) is 3.09. The van der Waals surface area contributed by atoms with Crippen LogP contribution in [0.25, 0.3) is 10.8 Å². The number of rotatable bonds is 7. The summed E-state index contributed by atoms with van der Waals surface area (Å²) in [5.74, 6) is 0.316.